The van der Waals surface area contributed by atoms with Crippen LogP contribution >= 0.6 is 0 Å². The largest absolute Gasteiger partial charge is 0.324 e. The highest BCUT2D eigenvalue weighted by molar-refractivity contribution is 4.96. The number of rotatable bonds is 0. The van der Waals surface area contributed by atoms with E-state index in [1.807, 2.05) is 0 Å². The maximum absolute atomic E-state index is 6.13. The van der Waals surface area contributed by atoms with E-state index >= 15 is 0 Å². The lowest BCUT2D eigenvalue weighted by Gasteiger charge is -2.25. The van der Waals surface area contributed by atoms with E-state index < -0.39 is 0 Å². The van der Waals surface area contributed by atoms with Crippen LogP contribution in [0.25, 0.3) is 0 Å². The van der Waals surface area contributed by atoms with Crippen LogP contribution in [0.2, 0.25) is 0 Å². The molecule has 0 radical (unpaired) electrons. The normalized spacial score (nSPS) is 48.5. The molecular weight excluding hydrogens is 150 g/mol. The smallest absolute Gasteiger partial charge is 0.0267 e. The van der Waals surface area contributed by atoms with E-state index in [9.17, 15) is 0 Å². The Labute approximate surface area is 74.1 Å². The average molecular weight is 169 g/mol. The zero-order valence-corrected chi connectivity index (χ0v) is 7.77. The molecule has 0 spiro atoms. The molecule has 0 amide bonds. The van der Waals surface area contributed by atoms with Gasteiger partial charge in [0.05, 0.1) is 0 Å². The van der Waals surface area contributed by atoms with Gasteiger partial charge in [-0.15, -0.1) is 0 Å². The molecule has 2 aliphatic heterocycles. The molecule has 0 saturated carbocycles. The molecule has 3 nitrogen and oxygen atoms in total. The van der Waals surface area contributed by atoms with Crippen molar-refractivity contribution in [3.63, 3.8) is 0 Å². The maximum Gasteiger partial charge on any atom is 0.0267 e. The molecule has 4 N–H and O–H groups in total. The van der Waals surface area contributed by atoms with Gasteiger partial charge in [0.15, 0.2) is 0 Å². The summed E-state index contributed by atoms with van der Waals surface area (Å²) in [4.78, 5) is 0. The Bertz CT molecular complexity index is 167. The van der Waals surface area contributed by atoms with Gasteiger partial charge in [-0.1, -0.05) is 0 Å². The second kappa shape index (κ2) is 2.98. The highest BCUT2D eigenvalue weighted by atomic mass is 15.0. The fourth-order valence-corrected chi connectivity index (χ4v) is 2.42. The molecule has 3 heteroatoms. The van der Waals surface area contributed by atoms with Gasteiger partial charge in [-0.2, -0.15) is 0 Å². The van der Waals surface area contributed by atoms with Crippen LogP contribution in [0.4, 0.5) is 0 Å². The maximum atomic E-state index is 6.13. The first-order valence-corrected chi connectivity index (χ1v) is 4.90. The van der Waals surface area contributed by atoms with Gasteiger partial charge in [0.2, 0.25) is 0 Å². The van der Waals surface area contributed by atoms with Crippen LogP contribution in [-0.4, -0.2) is 31.2 Å². The summed E-state index contributed by atoms with van der Waals surface area (Å²) in [7, 11) is 0. The van der Waals surface area contributed by atoms with Gasteiger partial charge in [-0.3, -0.25) is 0 Å². The summed E-state index contributed by atoms with van der Waals surface area (Å²) < 4.78 is 0. The van der Waals surface area contributed by atoms with Crippen molar-refractivity contribution in [3.8, 4) is 0 Å². The lowest BCUT2D eigenvalue weighted by atomic mass is 9.90. The monoisotopic (exact) mass is 169 g/mol. The molecule has 3 unspecified atom stereocenters. The molecule has 0 aromatic heterocycles. The Morgan fingerprint density at radius 1 is 1.50 bits per heavy atom. The van der Waals surface area contributed by atoms with Crippen LogP contribution in [-0.2, 0) is 0 Å². The lowest BCUT2D eigenvalue weighted by molar-refractivity contribution is 0.369. The van der Waals surface area contributed by atoms with E-state index in [0.29, 0.717) is 6.04 Å². The second-order valence-corrected chi connectivity index (χ2v) is 4.60. The molecule has 2 rings (SSSR count). The van der Waals surface area contributed by atoms with Crippen molar-refractivity contribution in [2.75, 3.05) is 19.6 Å². The molecule has 0 bridgehead atoms. The van der Waals surface area contributed by atoms with Crippen molar-refractivity contribution in [1.82, 2.24) is 10.6 Å². The zero-order chi connectivity index (χ0) is 8.60. The van der Waals surface area contributed by atoms with E-state index in [-0.39, 0.29) is 5.54 Å². The number of nitrogens with two attached hydrogens (primary N) is 1. The minimum absolute atomic E-state index is 0.0171. The van der Waals surface area contributed by atoms with Gasteiger partial charge >= 0.3 is 0 Å². The van der Waals surface area contributed by atoms with Gasteiger partial charge in [0, 0.05) is 18.1 Å². The molecule has 3 atom stereocenters. The van der Waals surface area contributed by atoms with E-state index in [1.54, 1.807) is 0 Å². The first kappa shape index (κ1) is 8.48. The Morgan fingerprint density at radius 3 is 3.17 bits per heavy atom. The number of hydrogen-bond acceptors (Lipinski definition) is 3. The van der Waals surface area contributed by atoms with Crippen molar-refractivity contribution >= 4 is 0 Å². The Morgan fingerprint density at radius 2 is 2.33 bits per heavy atom. The van der Waals surface area contributed by atoms with Crippen molar-refractivity contribution in [1.29, 1.82) is 0 Å². The topological polar surface area (TPSA) is 50.1 Å². The van der Waals surface area contributed by atoms with E-state index in [1.165, 1.54) is 13.0 Å². The number of hydrogen-bond donors (Lipinski definition) is 3. The van der Waals surface area contributed by atoms with Gasteiger partial charge in [0.1, 0.15) is 0 Å². The Kier molecular flexibility index (Phi) is 2.10. The third-order valence-corrected chi connectivity index (χ3v) is 3.11. The summed E-state index contributed by atoms with van der Waals surface area (Å²) >= 11 is 0. The van der Waals surface area contributed by atoms with Crippen molar-refractivity contribution < 1.29 is 0 Å². The summed E-state index contributed by atoms with van der Waals surface area (Å²) in [5.41, 5.74) is 6.11. The molecule has 12 heavy (non-hydrogen) atoms. The third kappa shape index (κ3) is 1.63. The standard InChI is InChI=1S/C9H19N3/c1-9(10)4-8-7(2-3-12-8)5-11-6-9/h7-8,11-12H,2-6,10H2,1H3. The summed E-state index contributed by atoms with van der Waals surface area (Å²) in [6.07, 6.45) is 2.43. The minimum atomic E-state index is -0.0171. The summed E-state index contributed by atoms with van der Waals surface area (Å²) in [6.45, 7) is 5.42. The van der Waals surface area contributed by atoms with Gasteiger partial charge < -0.3 is 16.4 Å². The minimum Gasteiger partial charge on any atom is -0.324 e. The van der Waals surface area contributed by atoms with E-state index in [4.69, 9.17) is 5.73 Å². The van der Waals surface area contributed by atoms with Crippen LogP contribution in [0.5, 0.6) is 0 Å². The molecule has 2 saturated heterocycles. The highest BCUT2D eigenvalue weighted by Crippen LogP contribution is 2.24. The van der Waals surface area contributed by atoms with E-state index in [2.05, 4.69) is 17.6 Å². The average Bonchev–Trinajstić information content (AvgIpc) is 2.31. The molecule has 0 aliphatic carbocycles. The van der Waals surface area contributed by atoms with Crippen molar-refractivity contribution in [2.24, 2.45) is 11.7 Å². The van der Waals surface area contributed by atoms with Crippen LogP contribution < -0.4 is 16.4 Å². The summed E-state index contributed by atoms with van der Waals surface area (Å²) in [5, 5.41) is 6.98. The lowest BCUT2D eigenvalue weighted by Crippen LogP contribution is -2.47. The molecule has 0 aromatic carbocycles. The first-order valence-electron chi connectivity index (χ1n) is 4.90. The molecular formula is C9H19N3. The van der Waals surface area contributed by atoms with Gasteiger partial charge in [-0.05, 0) is 38.8 Å². The van der Waals surface area contributed by atoms with Gasteiger partial charge in [-0.25, -0.2) is 0 Å². The predicted octanol–water partition coefficient (Wildman–Crippen LogP) is -0.325. The summed E-state index contributed by atoms with van der Waals surface area (Å²) in [6, 6.07) is 0.662. The second-order valence-electron chi connectivity index (χ2n) is 4.60. The molecule has 2 fully saturated rings. The third-order valence-electron chi connectivity index (χ3n) is 3.11. The number of fused-ring (bicyclic) bond motifs is 1. The Hall–Kier alpha value is -0.120. The molecule has 0 aromatic rings. The zero-order valence-electron chi connectivity index (χ0n) is 7.77. The van der Waals surface area contributed by atoms with Crippen molar-refractivity contribution in [2.45, 2.75) is 31.3 Å². The summed E-state index contributed by atoms with van der Waals surface area (Å²) in [5.74, 6) is 0.815. The highest BCUT2D eigenvalue weighted by Gasteiger charge is 2.34. The quantitative estimate of drug-likeness (QED) is 0.465. The van der Waals surface area contributed by atoms with Crippen LogP contribution in [0, 0.1) is 5.92 Å². The molecule has 70 valence electrons. The molecule has 2 aliphatic rings. The SMILES string of the molecule is CC1(N)CNCC2CCNC2C1. The fraction of sp³-hybridized carbons (Fsp3) is 1.00. The Balaban J connectivity index is 2.04. The van der Waals surface area contributed by atoms with Crippen LogP contribution in [0.1, 0.15) is 19.8 Å². The van der Waals surface area contributed by atoms with Gasteiger partial charge in [0.25, 0.3) is 0 Å². The van der Waals surface area contributed by atoms with E-state index in [0.717, 1.165) is 25.4 Å². The van der Waals surface area contributed by atoms with Crippen LogP contribution in [0.15, 0.2) is 0 Å². The first-order chi connectivity index (χ1) is 5.67. The fourth-order valence-electron chi connectivity index (χ4n) is 2.42. The predicted molar refractivity (Wildman–Crippen MR) is 50.0 cm³/mol. The molecule has 2 heterocycles. The van der Waals surface area contributed by atoms with Crippen molar-refractivity contribution in [3.05, 3.63) is 0 Å². The van der Waals surface area contributed by atoms with Crippen LogP contribution in [0.3, 0.4) is 0 Å². The number of nitrogens with one attached hydrogen (secondary N) is 2.